The van der Waals surface area contributed by atoms with Gasteiger partial charge in [-0.25, -0.2) is 4.79 Å². The molecule has 0 unspecified atom stereocenters. The Bertz CT molecular complexity index is 662. The van der Waals surface area contributed by atoms with Gasteiger partial charge in [0, 0.05) is 19.2 Å². The van der Waals surface area contributed by atoms with Gasteiger partial charge >= 0.3 is 5.97 Å². The number of nitrogens with one attached hydrogen (secondary N) is 2. The molecular formula is C21H32N2O5. The number of carbonyl (C=O) groups excluding carboxylic acids is 3. The summed E-state index contributed by atoms with van der Waals surface area (Å²) >= 11 is 0. The van der Waals surface area contributed by atoms with Crippen molar-refractivity contribution in [2.45, 2.75) is 46.1 Å². The average molecular weight is 392 g/mol. The Hall–Kier alpha value is -2.41. The number of benzene rings is 1. The second-order valence-electron chi connectivity index (χ2n) is 7.97. The van der Waals surface area contributed by atoms with Crippen LogP contribution in [0.2, 0.25) is 0 Å². The second kappa shape index (κ2) is 10.8. The largest absolute Gasteiger partial charge is 0.454 e. The topological polar surface area (TPSA) is 93.7 Å². The van der Waals surface area contributed by atoms with E-state index in [2.05, 4.69) is 31.4 Å². The van der Waals surface area contributed by atoms with Crippen LogP contribution in [0.1, 0.15) is 50.5 Å². The van der Waals surface area contributed by atoms with E-state index in [0.717, 1.165) is 5.56 Å². The normalized spacial score (nSPS) is 12.4. The third kappa shape index (κ3) is 7.68. The van der Waals surface area contributed by atoms with Gasteiger partial charge in [0.05, 0.1) is 6.61 Å². The Kier molecular flexibility index (Phi) is 9.12. The number of amides is 2. The highest BCUT2D eigenvalue weighted by atomic mass is 16.5. The molecule has 0 saturated carbocycles. The van der Waals surface area contributed by atoms with Crippen LogP contribution >= 0.6 is 0 Å². The summed E-state index contributed by atoms with van der Waals surface area (Å²) in [4.78, 5) is 36.5. The van der Waals surface area contributed by atoms with E-state index in [1.54, 1.807) is 26.0 Å². The van der Waals surface area contributed by atoms with Crippen LogP contribution in [-0.4, -0.2) is 50.7 Å². The monoisotopic (exact) mass is 392 g/mol. The van der Waals surface area contributed by atoms with E-state index in [9.17, 15) is 14.4 Å². The van der Waals surface area contributed by atoms with E-state index in [1.807, 2.05) is 12.1 Å². The molecule has 7 nitrogen and oxygen atoms in total. The van der Waals surface area contributed by atoms with E-state index in [4.69, 9.17) is 9.47 Å². The first kappa shape index (κ1) is 23.6. The zero-order chi connectivity index (χ0) is 21.3. The first-order valence-corrected chi connectivity index (χ1v) is 9.40. The first-order chi connectivity index (χ1) is 13.1. The van der Waals surface area contributed by atoms with E-state index >= 15 is 0 Å². The highest BCUT2D eigenvalue weighted by Crippen LogP contribution is 2.22. The summed E-state index contributed by atoms with van der Waals surface area (Å²) in [6, 6.07) is 6.44. The zero-order valence-electron chi connectivity index (χ0n) is 17.6. The Morgan fingerprint density at radius 2 is 1.68 bits per heavy atom. The van der Waals surface area contributed by atoms with Crippen LogP contribution in [0.4, 0.5) is 0 Å². The van der Waals surface area contributed by atoms with Gasteiger partial charge in [0.25, 0.3) is 11.8 Å². The zero-order valence-corrected chi connectivity index (χ0v) is 17.6. The predicted octanol–water partition coefficient (Wildman–Crippen LogP) is 2.04. The molecule has 0 fully saturated rings. The molecule has 1 rings (SSSR count). The molecule has 0 heterocycles. The summed E-state index contributed by atoms with van der Waals surface area (Å²) in [5, 5.41) is 5.26. The van der Waals surface area contributed by atoms with Crippen LogP contribution in [0.3, 0.4) is 0 Å². The Morgan fingerprint density at radius 1 is 1.07 bits per heavy atom. The summed E-state index contributed by atoms with van der Waals surface area (Å²) in [6.45, 7) is 10.2. The van der Waals surface area contributed by atoms with Crippen molar-refractivity contribution < 1.29 is 23.9 Å². The third-order valence-electron chi connectivity index (χ3n) is 4.19. The minimum Gasteiger partial charge on any atom is -0.454 e. The lowest BCUT2D eigenvalue weighted by Crippen LogP contribution is -2.46. The smallest absolute Gasteiger partial charge is 0.329 e. The van der Waals surface area contributed by atoms with Gasteiger partial charge in [0.15, 0.2) is 6.61 Å². The molecule has 1 aromatic rings. The number of methoxy groups -OCH3 is 1. The van der Waals surface area contributed by atoms with Crippen molar-refractivity contribution in [3.63, 3.8) is 0 Å². The molecule has 0 radical (unpaired) electrons. The third-order valence-corrected chi connectivity index (χ3v) is 4.19. The predicted molar refractivity (Wildman–Crippen MR) is 107 cm³/mol. The molecule has 0 aliphatic heterocycles. The van der Waals surface area contributed by atoms with Gasteiger partial charge in [-0.3, -0.25) is 9.59 Å². The van der Waals surface area contributed by atoms with Crippen molar-refractivity contribution >= 4 is 17.8 Å². The van der Waals surface area contributed by atoms with E-state index in [1.165, 1.54) is 7.11 Å². The quantitative estimate of drug-likeness (QED) is 0.495. The molecule has 0 spiro atoms. The van der Waals surface area contributed by atoms with Crippen LogP contribution < -0.4 is 10.6 Å². The molecule has 0 aliphatic carbocycles. The molecule has 1 atom stereocenters. The van der Waals surface area contributed by atoms with Gasteiger partial charge in [0.1, 0.15) is 6.04 Å². The lowest BCUT2D eigenvalue weighted by atomic mass is 9.86. The number of carbonyl (C=O) groups is 3. The maximum absolute atomic E-state index is 12.5. The lowest BCUT2D eigenvalue weighted by Gasteiger charge is -2.22. The molecule has 156 valence electrons. The van der Waals surface area contributed by atoms with E-state index < -0.39 is 24.5 Å². The summed E-state index contributed by atoms with van der Waals surface area (Å²) in [7, 11) is 1.53. The fourth-order valence-electron chi connectivity index (χ4n) is 2.41. The Balaban J connectivity index is 2.67. The van der Waals surface area contributed by atoms with Gasteiger partial charge in [-0.05, 0) is 29.0 Å². The first-order valence-electron chi connectivity index (χ1n) is 9.40. The van der Waals surface area contributed by atoms with Crippen molar-refractivity contribution in [2.75, 3.05) is 26.9 Å². The summed E-state index contributed by atoms with van der Waals surface area (Å²) < 4.78 is 9.88. The second-order valence-corrected chi connectivity index (χ2v) is 7.97. The number of esters is 1. The summed E-state index contributed by atoms with van der Waals surface area (Å²) in [6.07, 6.45) is 0. The van der Waals surface area contributed by atoms with Gasteiger partial charge in [-0.1, -0.05) is 46.8 Å². The van der Waals surface area contributed by atoms with Crippen LogP contribution in [0, 0.1) is 5.92 Å². The number of ether oxygens (including phenoxy) is 2. The van der Waals surface area contributed by atoms with Gasteiger partial charge in [-0.15, -0.1) is 0 Å². The van der Waals surface area contributed by atoms with Crippen molar-refractivity contribution in [3.05, 3.63) is 35.4 Å². The van der Waals surface area contributed by atoms with Gasteiger partial charge < -0.3 is 20.1 Å². The van der Waals surface area contributed by atoms with Crippen molar-refractivity contribution in [1.29, 1.82) is 0 Å². The summed E-state index contributed by atoms with van der Waals surface area (Å²) in [5.41, 5.74) is 1.57. The Labute approximate surface area is 167 Å². The van der Waals surface area contributed by atoms with E-state index in [-0.39, 0.29) is 17.2 Å². The average Bonchev–Trinajstić information content (AvgIpc) is 2.63. The van der Waals surface area contributed by atoms with Gasteiger partial charge in [0.2, 0.25) is 0 Å². The molecule has 28 heavy (non-hydrogen) atoms. The lowest BCUT2D eigenvalue weighted by molar-refractivity contribution is -0.151. The molecule has 7 heteroatoms. The van der Waals surface area contributed by atoms with Gasteiger partial charge in [-0.2, -0.15) is 0 Å². The minimum absolute atomic E-state index is 0.0108. The molecule has 0 saturated heterocycles. The molecule has 2 amide bonds. The summed E-state index contributed by atoms with van der Waals surface area (Å²) in [5.74, 6) is -1.61. The number of hydrogen-bond donors (Lipinski definition) is 2. The van der Waals surface area contributed by atoms with Crippen molar-refractivity contribution in [2.24, 2.45) is 5.92 Å². The fraction of sp³-hybridized carbons (Fsp3) is 0.571. The maximum Gasteiger partial charge on any atom is 0.329 e. The van der Waals surface area contributed by atoms with Crippen LogP contribution in [-0.2, 0) is 24.5 Å². The molecule has 0 aliphatic rings. The standard InChI is InChI=1S/C21H32N2O5/c1-14(2)18(20(26)28-13-17(24)22-11-12-27-6)23-19(25)15-7-9-16(10-8-15)21(3,4)5/h7-10,14,18H,11-13H2,1-6H3,(H,22,24)(H,23,25)/t18-/m0/s1. The number of rotatable bonds is 9. The fourth-order valence-corrected chi connectivity index (χ4v) is 2.41. The minimum atomic E-state index is -0.846. The molecule has 1 aromatic carbocycles. The van der Waals surface area contributed by atoms with E-state index in [0.29, 0.717) is 18.7 Å². The van der Waals surface area contributed by atoms with Crippen LogP contribution in [0.5, 0.6) is 0 Å². The molecule has 0 bridgehead atoms. The van der Waals surface area contributed by atoms with Crippen LogP contribution in [0.15, 0.2) is 24.3 Å². The molecule has 2 N–H and O–H groups in total. The van der Waals surface area contributed by atoms with Crippen molar-refractivity contribution in [1.82, 2.24) is 10.6 Å². The van der Waals surface area contributed by atoms with Crippen molar-refractivity contribution in [3.8, 4) is 0 Å². The highest BCUT2D eigenvalue weighted by molar-refractivity contribution is 5.97. The highest BCUT2D eigenvalue weighted by Gasteiger charge is 2.27. The molecule has 0 aromatic heterocycles. The Morgan fingerprint density at radius 3 is 2.18 bits per heavy atom. The SMILES string of the molecule is COCCNC(=O)COC(=O)[C@@H](NC(=O)c1ccc(C(C)(C)C)cc1)C(C)C. The van der Waals surface area contributed by atoms with Crippen LogP contribution in [0.25, 0.3) is 0 Å². The molecular weight excluding hydrogens is 360 g/mol. The number of hydrogen-bond acceptors (Lipinski definition) is 5. The maximum atomic E-state index is 12.5.